The molecule has 1 aromatic carbocycles. The molecule has 0 heterocycles. The summed E-state index contributed by atoms with van der Waals surface area (Å²) in [5.74, 6) is 0.514. The maximum atomic E-state index is 11.7. The lowest BCUT2D eigenvalue weighted by Gasteiger charge is -2.21. The van der Waals surface area contributed by atoms with Crippen molar-refractivity contribution in [3.05, 3.63) is 23.8 Å². The molecule has 7 heteroatoms. The van der Waals surface area contributed by atoms with Gasteiger partial charge in [0.25, 0.3) is 0 Å². The minimum absolute atomic E-state index is 0.246. The quantitative estimate of drug-likeness (QED) is 0.267. The van der Waals surface area contributed by atoms with E-state index >= 15 is 0 Å². The average molecular weight is 423 g/mol. The Morgan fingerprint density at radius 2 is 1.37 bits per heavy atom. The molecule has 0 bridgehead atoms. The van der Waals surface area contributed by atoms with Gasteiger partial charge in [-0.3, -0.25) is 14.4 Å². The number of esters is 2. The zero-order valence-electron chi connectivity index (χ0n) is 18.9. The Morgan fingerprint density at radius 1 is 0.867 bits per heavy atom. The number of rotatable bonds is 13. The predicted molar refractivity (Wildman–Crippen MR) is 113 cm³/mol. The Kier molecular flexibility index (Phi) is 9.82. The molecular formula is C23H34O7. The van der Waals surface area contributed by atoms with Gasteiger partial charge in [-0.1, -0.05) is 0 Å². The van der Waals surface area contributed by atoms with Crippen LogP contribution in [0.1, 0.15) is 63.7 Å². The number of methoxy groups -OCH3 is 2. The molecule has 7 nitrogen and oxygen atoms in total. The van der Waals surface area contributed by atoms with Crippen molar-refractivity contribution in [2.24, 2.45) is 10.8 Å². The van der Waals surface area contributed by atoms with Crippen molar-refractivity contribution in [2.75, 3.05) is 27.4 Å². The van der Waals surface area contributed by atoms with Crippen molar-refractivity contribution in [1.82, 2.24) is 0 Å². The molecule has 0 aliphatic carbocycles. The lowest BCUT2D eigenvalue weighted by Crippen LogP contribution is -2.26. The van der Waals surface area contributed by atoms with Gasteiger partial charge >= 0.3 is 11.9 Å². The molecule has 0 fully saturated rings. The van der Waals surface area contributed by atoms with E-state index in [4.69, 9.17) is 18.9 Å². The summed E-state index contributed by atoms with van der Waals surface area (Å²) in [5, 5.41) is 0. The summed E-state index contributed by atoms with van der Waals surface area (Å²) < 4.78 is 21.1. The van der Waals surface area contributed by atoms with Crippen molar-refractivity contribution in [2.45, 2.75) is 53.4 Å². The number of benzene rings is 1. The molecule has 0 aliphatic heterocycles. The Bertz CT molecular complexity index is 722. The fourth-order valence-corrected chi connectivity index (χ4v) is 2.98. The molecule has 0 spiro atoms. The third-order valence-electron chi connectivity index (χ3n) is 5.01. The minimum atomic E-state index is -0.589. The Labute approximate surface area is 179 Å². The van der Waals surface area contributed by atoms with Crippen molar-refractivity contribution in [3.8, 4) is 11.5 Å². The van der Waals surface area contributed by atoms with Gasteiger partial charge in [0.1, 0.15) is 11.5 Å². The number of carbonyl (C=O) groups is 3. The van der Waals surface area contributed by atoms with Crippen molar-refractivity contribution >= 4 is 18.2 Å². The lowest BCUT2D eigenvalue weighted by atomic mass is 9.88. The smallest absolute Gasteiger partial charge is 0.311 e. The highest BCUT2D eigenvalue weighted by atomic mass is 16.5. The third-order valence-corrected chi connectivity index (χ3v) is 5.01. The second-order valence-electron chi connectivity index (χ2n) is 8.47. The van der Waals surface area contributed by atoms with Gasteiger partial charge in [-0.25, -0.2) is 0 Å². The van der Waals surface area contributed by atoms with E-state index in [9.17, 15) is 14.4 Å². The number of aldehydes is 1. The van der Waals surface area contributed by atoms with E-state index < -0.39 is 10.8 Å². The summed E-state index contributed by atoms with van der Waals surface area (Å²) in [4.78, 5) is 34.7. The van der Waals surface area contributed by atoms with Crippen LogP contribution in [-0.2, 0) is 19.1 Å². The summed E-state index contributed by atoms with van der Waals surface area (Å²) in [5.41, 5.74) is -0.721. The van der Waals surface area contributed by atoms with Crippen LogP contribution in [-0.4, -0.2) is 45.7 Å². The number of ether oxygens (including phenoxy) is 4. The minimum Gasteiger partial charge on any atom is -0.493 e. The van der Waals surface area contributed by atoms with Gasteiger partial charge in [-0.15, -0.1) is 0 Å². The van der Waals surface area contributed by atoms with Crippen molar-refractivity contribution < 1.29 is 33.3 Å². The zero-order valence-corrected chi connectivity index (χ0v) is 18.9. The highest BCUT2D eigenvalue weighted by Gasteiger charge is 2.28. The molecule has 0 saturated heterocycles. The van der Waals surface area contributed by atoms with E-state index in [2.05, 4.69) is 0 Å². The van der Waals surface area contributed by atoms with Crippen LogP contribution in [0.25, 0.3) is 0 Å². The average Bonchev–Trinajstić information content (AvgIpc) is 2.73. The Hall–Kier alpha value is -2.57. The van der Waals surface area contributed by atoms with E-state index in [1.807, 2.05) is 27.7 Å². The summed E-state index contributed by atoms with van der Waals surface area (Å²) in [6.07, 6.45) is 3.27. The maximum Gasteiger partial charge on any atom is 0.311 e. The fraction of sp³-hybridized carbons (Fsp3) is 0.609. The number of hydrogen-bond acceptors (Lipinski definition) is 7. The molecule has 0 unspecified atom stereocenters. The third kappa shape index (κ3) is 7.69. The van der Waals surface area contributed by atoms with Crippen LogP contribution < -0.4 is 9.47 Å². The summed E-state index contributed by atoms with van der Waals surface area (Å²) in [7, 11) is 2.76. The van der Waals surface area contributed by atoms with E-state index in [0.717, 1.165) is 6.29 Å². The molecule has 0 aromatic heterocycles. The monoisotopic (exact) mass is 422 g/mol. The molecule has 0 radical (unpaired) electrons. The largest absolute Gasteiger partial charge is 0.493 e. The molecule has 1 aromatic rings. The van der Waals surface area contributed by atoms with E-state index in [1.165, 1.54) is 14.2 Å². The van der Waals surface area contributed by atoms with Crippen LogP contribution in [0.15, 0.2) is 18.2 Å². The molecule has 168 valence electrons. The van der Waals surface area contributed by atoms with Crippen LogP contribution in [0.3, 0.4) is 0 Å². The second kappa shape index (κ2) is 11.6. The first-order valence-corrected chi connectivity index (χ1v) is 10.1. The van der Waals surface area contributed by atoms with Crippen molar-refractivity contribution in [3.63, 3.8) is 0 Å². The molecule has 0 atom stereocenters. The van der Waals surface area contributed by atoms with Gasteiger partial charge < -0.3 is 18.9 Å². The van der Waals surface area contributed by atoms with Crippen LogP contribution in [0.5, 0.6) is 11.5 Å². The summed E-state index contributed by atoms with van der Waals surface area (Å²) in [6.45, 7) is 8.11. The van der Waals surface area contributed by atoms with Gasteiger partial charge in [0.15, 0.2) is 6.29 Å². The normalized spacial score (nSPS) is 11.5. The van der Waals surface area contributed by atoms with E-state index in [-0.39, 0.29) is 11.9 Å². The number of carbonyl (C=O) groups excluding carboxylic acids is 3. The maximum absolute atomic E-state index is 11.7. The highest BCUT2D eigenvalue weighted by molar-refractivity contribution is 5.79. The van der Waals surface area contributed by atoms with Gasteiger partial charge in [0, 0.05) is 6.07 Å². The first-order valence-electron chi connectivity index (χ1n) is 10.1. The highest BCUT2D eigenvalue weighted by Crippen LogP contribution is 2.28. The molecule has 1 rings (SSSR count). The summed E-state index contributed by atoms with van der Waals surface area (Å²) in [6, 6.07) is 5.04. The predicted octanol–water partition coefficient (Wildman–Crippen LogP) is 4.22. The van der Waals surface area contributed by atoms with Crippen LogP contribution in [0.2, 0.25) is 0 Å². The fourth-order valence-electron chi connectivity index (χ4n) is 2.98. The van der Waals surface area contributed by atoms with Gasteiger partial charge in [0.2, 0.25) is 0 Å². The number of hydrogen-bond donors (Lipinski definition) is 0. The first kappa shape index (κ1) is 25.5. The molecular weight excluding hydrogens is 388 g/mol. The van der Waals surface area contributed by atoms with Crippen molar-refractivity contribution in [1.29, 1.82) is 0 Å². The SMILES string of the molecule is COC(=O)C(C)(C)CCCOc1ccc(C=O)c(OCCCC(C)(C)C(=O)OC)c1. The first-order chi connectivity index (χ1) is 14.1. The lowest BCUT2D eigenvalue weighted by molar-refractivity contribution is -0.152. The van der Waals surface area contributed by atoms with Gasteiger partial charge in [-0.2, -0.15) is 0 Å². The van der Waals surface area contributed by atoms with Crippen LogP contribution in [0, 0.1) is 10.8 Å². The van der Waals surface area contributed by atoms with E-state index in [1.54, 1.807) is 18.2 Å². The van der Waals surface area contributed by atoms with Gasteiger partial charge in [0.05, 0.1) is 43.8 Å². The van der Waals surface area contributed by atoms with Gasteiger partial charge in [-0.05, 0) is 65.5 Å². The summed E-state index contributed by atoms with van der Waals surface area (Å²) >= 11 is 0. The molecule has 0 amide bonds. The zero-order chi connectivity index (χ0) is 22.8. The van der Waals surface area contributed by atoms with Crippen LogP contribution >= 0.6 is 0 Å². The molecule has 0 N–H and O–H groups in total. The molecule has 0 saturated carbocycles. The van der Waals surface area contributed by atoms with Crippen LogP contribution in [0.4, 0.5) is 0 Å². The van der Waals surface area contributed by atoms with E-state index in [0.29, 0.717) is 56.0 Å². The Balaban J connectivity index is 2.57. The topological polar surface area (TPSA) is 88.1 Å². The molecule has 0 aliphatic rings. The standard InChI is InChI=1S/C23H34O7/c1-22(2,20(25)27-5)11-7-13-29-18-10-9-17(16-24)19(15-18)30-14-8-12-23(3,4)21(26)28-6/h9-10,15-16H,7-8,11-14H2,1-6H3. The molecule has 30 heavy (non-hydrogen) atoms. The second-order valence-corrected chi connectivity index (χ2v) is 8.47. The Morgan fingerprint density at radius 3 is 1.83 bits per heavy atom.